The van der Waals surface area contributed by atoms with Gasteiger partial charge in [0.1, 0.15) is 5.75 Å². The molecule has 0 saturated heterocycles. The van der Waals surface area contributed by atoms with Crippen LogP contribution in [0.3, 0.4) is 0 Å². The Morgan fingerprint density at radius 3 is 2.73 bits per heavy atom. The lowest BCUT2D eigenvalue weighted by Gasteiger charge is -2.19. The van der Waals surface area contributed by atoms with Crippen molar-refractivity contribution >= 4 is 0 Å². The average molecular weight is 425 g/mol. The second-order valence-electron chi connectivity index (χ2n) is 8.32. The van der Waals surface area contributed by atoms with Crippen LogP contribution in [0.1, 0.15) is 37.3 Å². The molecule has 8 heteroatoms. The lowest BCUT2D eigenvalue weighted by atomic mass is 9.99. The molecule has 1 aliphatic carbocycles. The number of likely N-dealkylation sites (N-methyl/N-ethyl adjacent to an activating group) is 2. The molecule has 0 spiro atoms. The van der Waals surface area contributed by atoms with E-state index in [1.807, 2.05) is 14.1 Å². The van der Waals surface area contributed by atoms with Gasteiger partial charge < -0.3 is 15.0 Å². The van der Waals surface area contributed by atoms with E-state index < -0.39 is 11.7 Å². The third-order valence-corrected chi connectivity index (χ3v) is 5.91. The monoisotopic (exact) mass is 424 g/mol. The normalized spacial score (nSPS) is 19.6. The maximum atomic E-state index is 13.5. The topological polar surface area (TPSA) is 53.2 Å². The van der Waals surface area contributed by atoms with Gasteiger partial charge in [0.25, 0.3) is 0 Å². The van der Waals surface area contributed by atoms with Crippen LogP contribution in [0.5, 0.6) is 5.75 Å². The van der Waals surface area contributed by atoms with Crippen LogP contribution in [0, 0.1) is 11.8 Å². The summed E-state index contributed by atoms with van der Waals surface area (Å²) in [6.45, 7) is 4.85. The van der Waals surface area contributed by atoms with Gasteiger partial charge in [0.05, 0.1) is 17.9 Å². The highest BCUT2D eigenvalue weighted by molar-refractivity contribution is 5.66. The largest absolute Gasteiger partial charge is 0.493 e. The fraction of sp³-hybridized carbons (Fsp3) is 0.591. The van der Waals surface area contributed by atoms with Crippen LogP contribution in [0.25, 0.3) is 11.3 Å². The summed E-state index contributed by atoms with van der Waals surface area (Å²) in [5.41, 5.74) is 1.07. The Kier molecular flexibility index (Phi) is 7.41. The Morgan fingerprint density at radius 2 is 2.07 bits per heavy atom. The van der Waals surface area contributed by atoms with Crippen molar-refractivity contribution in [2.24, 2.45) is 11.8 Å². The minimum Gasteiger partial charge on any atom is -0.493 e. The van der Waals surface area contributed by atoms with E-state index in [1.165, 1.54) is 0 Å². The van der Waals surface area contributed by atoms with E-state index in [0.29, 0.717) is 36.2 Å². The molecule has 2 atom stereocenters. The lowest BCUT2D eigenvalue weighted by molar-refractivity contribution is -0.137. The molecule has 0 aliphatic heterocycles. The molecule has 5 nitrogen and oxygen atoms in total. The first-order valence-electron chi connectivity index (χ1n) is 10.5. The first-order chi connectivity index (χ1) is 14.3. The van der Waals surface area contributed by atoms with E-state index in [4.69, 9.17) is 4.74 Å². The zero-order valence-electron chi connectivity index (χ0n) is 17.9. The maximum absolute atomic E-state index is 13.5. The van der Waals surface area contributed by atoms with Gasteiger partial charge in [0, 0.05) is 37.0 Å². The molecular weight excluding hydrogens is 393 g/mol. The van der Waals surface area contributed by atoms with E-state index in [1.54, 1.807) is 12.3 Å². The van der Waals surface area contributed by atoms with Gasteiger partial charge in [0.2, 0.25) is 0 Å². The second kappa shape index (κ2) is 9.83. The van der Waals surface area contributed by atoms with Crippen LogP contribution in [-0.4, -0.2) is 48.9 Å². The quantitative estimate of drug-likeness (QED) is 0.620. The highest BCUT2D eigenvalue weighted by Crippen LogP contribution is 2.37. The fourth-order valence-electron chi connectivity index (χ4n) is 4.01. The highest BCUT2D eigenvalue weighted by Gasteiger charge is 2.32. The Hall–Kier alpha value is -2.06. The smallest absolute Gasteiger partial charge is 0.416 e. The summed E-state index contributed by atoms with van der Waals surface area (Å²) in [4.78, 5) is 2.09. The SMILES string of the molecule is CNCCN(C)Cc1c[nH]nc1-c1cc(OCC2CCCC2C)cc(C(F)(F)F)c1. The van der Waals surface area contributed by atoms with Crippen molar-refractivity contribution in [3.8, 4) is 17.0 Å². The number of H-pyrrole nitrogens is 1. The number of aromatic amines is 1. The van der Waals surface area contributed by atoms with E-state index in [9.17, 15) is 13.2 Å². The van der Waals surface area contributed by atoms with Crippen LogP contribution in [0.15, 0.2) is 24.4 Å². The zero-order valence-corrected chi connectivity index (χ0v) is 17.9. The standard InChI is InChI=1S/C22H31F3N4O/c1-15-5-4-6-16(15)14-30-20-10-17(9-19(11-20)22(23,24)25)21-18(12-27-28-21)13-29(3)8-7-26-2/h9-12,15-16,26H,4-8,13-14H2,1-3H3,(H,27,28). The highest BCUT2D eigenvalue weighted by atomic mass is 19.4. The molecule has 2 unspecified atom stereocenters. The minimum atomic E-state index is -4.45. The van der Waals surface area contributed by atoms with Crippen LogP contribution in [0.2, 0.25) is 0 Å². The third kappa shape index (κ3) is 5.76. The van der Waals surface area contributed by atoms with E-state index in [0.717, 1.165) is 50.0 Å². The third-order valence-electron chi connectivity index (χ3n) is 5.91. The van der Waals surface area contributed by atoms with Crippen molar-refractivity contribution in [3.05, 3.63) is 35.5 Å². The van der Waals surface area contributed by atoms with E-state index >= 15 is 0 Å². The zero-order chi connectivity index (χ0) is 21.7. The lowest BCUT2D eigenvalue weighted by Crippen LogP contribution is -2.27. The predicted molar refractivity (Wildman–Crippen MR) is 111 cm³/mol. The molecule has 1 fully saturated rings. The molecule has 1 aliphatic rings. The van der Waals surface area contributed by atoms with Gasteiger partial charge in [-0.1, -0.05) is 19.8 Å². The molecule has 1 saturated carbocycles. The first kappa shape index (κ1) is 22.6. The van der Waals surface area contributed by atoms with Gasteiger partial charge in [0.15, 0.2) is 0 Å². The van der Waals surface area contributed by atoms with Crippen molar-refractivity contribution in [2.45, 2.75) is 38.9 Å². The van der Waals surface area contributed by atoms with Gasteiger partial charge in [-0.2, -0.15) is 18.3 Å². The molecule has 3 rings (SSSR count). The maximum Gasteiger partial charge on any atom is 0.416 e. The van der Waals surface area contributed by atoms with Crippen LogP contribution in [-0.2, 0) is 12.7 Å². The summed E-state index contributed by atoms with van der Waals surface area (Å²) in [5.74, 6) is 1.18. The number of hydrogen-bond acceptors (Lipinski definition) is 4. The fourth-order valence-corrected chi connectivity index (χ4v) is 4.01. The molecule has 0 amide bonds. The molecule has 2 aromatic rings. The molecule has 166 valence electrons. The Balaban J connectivity index is 1.84. The van der Waals surface area contributed by atoms with Gasteiger partial charge in [-0.3, -0.25) is 5.10 Å². The molecular formula is C22H31F3N4O. The van der Waals surface area contributed by atoms with Crippen molar-refractivity contribution in [1.82, 2.24) is 20.4 Å². The molecule has 1 aromatic carbocycles. The molecule has 2 N–H and O–H groups in total. The number of hydrogen-bond donors (Lipinski definition) is 2. The summed E-state index contributed by atoms with van der Waals surface area (Å²) in [7, 11) is 3.85. The van der Waals surface area contributed by atoms with Crippen molar-refractivity contribution in [3.63, 3.8) is 0 Å². The number of nitrogens with one attached hydrogen (secondary N) is 2. The molecule has 30 heavy (non-hydrogen) atoms. The summed E-state index contributed by atoms with van der Waals surface area (Å²) < 4.78 is 46.5. The number of benzene rings is 1. The van der Waals surface area contributed by atoms with E-state index in [-0.39, 0.29) is 5.75 Å². The second-order valence-corrected chi connectivity index (χ2v) is 8.32. The van der Waals surface area contributed by atoms with Crippen molar-refractivity contribution in [1.29, 1.82) is 0 Å². The minimum absolute atomic E-state index is 0.247. The summed E-state index contributed by atoms with van der Waals surface area (Å²) in [6.07, 6.45) is 0.663. The Labute approximate surface area is 176 Å². The van der Waals surface area contributed by atoms with Gasteiger partial charge in [-0.15, -0.1) is 0 Å². The van der Waals surface area contributed by atoms with Crippen LogP contribution in [0.4, 0.5) is 13.2 Å². The van der Waals surface area contributed by atoms with Crippen LogP contribution >= 0.6 is 0 Å². The van der Waals surface area contributed by atoms with Crippen LogP contribution < -0.4 is 10.1 Å². The first-order valence-corrected chi connectivity index (χ1v) is 10.5. The van der Waals surface area contributed by atoms with Gasteiger partial charge in [-0.25, -0.2) is 0 Å². The Bertz CT molecular complexity index is 821. The predicted octanol–water partition coefficient (Wildman–Crippen LogP) is 4.56. The summed E-state index contributed by atoms with van der Waals surface area (Å²) in [5, 5.41) is 10.1. The number of aromatic nitrogens is 2. The Morgan fingerprint density at radius 1 is 1.27 bits per heavy atom. The number of rotatable bonds is 9. The van der Waals surface area contributed by atoms with E-state index in [2.05, 4.69) is 27.3 Å². The summed E-state index contributed by atoms with van der Waals surface area (Å²) >= 11 is 0. The number of halogens is 3. The molecule has 0 radical (unpaired) electrons. The summed E-state index contributed by atoms with van der Waals surface area (Å²) in [6, 6.07) is 3.91. The van der Waals surface area contributed by atoms with Gasteiger partial charge >= 0.3 is 6.18 Å². The number of ether oxygens (including phenoxy) is 1. The van der Waals surface area contributed by atoms with Gasteiger partial charge in [-0.05, 0) is 50.6 Å². The van der Waals surface area contributed by atoms with Crippen molar-refractivity contribution in [2.75, 3.05) is 33.8 Å². The average Bonchev–Trinajstić information content (AvgIpc) is 3.32. The molecule has 1 heterocycles. The van der Waals surface area contributed by atoms with Crippen molar-refractivity contribution < 1.29 is 17.9 Å². The number of nitrogens with zero attached hydrogens (tertiary/aromatic N) is 2. The number of alkyl halides is 3. The molecule has 1 aromatic heterocycles. The molecule has 0 bridgehead atoms.